The zero-order valence-corrected chi connectivity index (χ0v) is 10.0. The average Bonchev–Trinajstić information content (AvgIpc) is 2.42. The van der Waals surface area contributed by atoms with Gasteiger partial charge in [-0.1, -0.05) is 0 Å². The van der Waals surface area contributed by atoms with E-state index in [0.717, 1.165) is 4.57 Å². The van der Waals surface area contributed by atoms with Crippen molar-refractivity contribution in [2.24, 2.45) is 19.5 Å². The lowest BCUT2D eigenvalue weighted by atomic mass is 9.82. The Morgan fingerprint density at radius 2 is 1.83 bits per heavy atom. The van der Waals surface area contributed by atoms with Crippen LogP contribution in [0.25, 0.3) is 0 Å². The summed E-state index contributed by atoms with van der Waals surface area (Å²) in [6.07, 6.45) is 0.0309. The van der Waals surface area contributed by atoms with Crippen LogP contribution in [0.2, 0.25) is 0 Å². The van der Waals surface area contributed by atoms with Gasteiger partial charge in [-0.3, -0.25) is 13.9 Å². The highest BCUT2D eigenvalue weighted by molar-refractivity contribution is 5.50. The first-order chi connectivity index (χ1) is 8.45. The van der Waals surface area contributed by atoms with Crippen molar-refractivity contribution in [3.05, 3.63) is 26.4 Å². The zero-order valence-electron chi connectivity index (χ0n) is 10.0. The van der Waals surface area contributed by atoms with Crippen LogP contribution in [-0.4, -0.2) is 15.7 Å². The van der Waals surface area contributed by atoms with Gasteiger partial charge in [-0.15, -0.1) is 0 Å². The van der Waals surface area contributed by atoms with Gasteiger partial charge in [0, 0.05) is 27.1 Å². The van der Waals surface area contributed by atoms with Gasteiger partial charge in [0.05, 0.1) is 17.7 Å². The highest BCUT2D eigenvalue weighted by Crippen LogP contribution is 2.28. The Hall–Kier alpha value is -2.54. The van der Waals surface area contributed by atoms with Crippen LogP contribution < -0.4 is 16.6 Å². The summed E-state index contributed by atoms with van der Waals surface area (Å²) < 4.78 is 2.29. The van der Waals surface area contributed by atoms with E-state index in [1.54, 1.807) is 7.05 Å². The van der Waals surface area contributed by atoms with Crippen LogP contribution in [0.5, 0.6) is 0 Å². The SMILES string of the molecule is Cn1c2c(c(=O)n(C)c1=O)CC(C#N)(C#N)CN2. The fraction of sp³-hybridized carbons (Fsp3) is 0.455. The maximum atomic E-state index is 12.0. The Labute approximate surface area is 102 Å². The number of rotatable bonds is 0. The Kier molecular flexibility index (Phi) is 2.48. The molecule has 18 heavy (non-hydrogen) atoms. The number of nitrogens with zero attached hydrogens (tertiary/aromatic N) is 4. The lowest BCUT2D eigenvalue weighted by molar-refractivity contribution is 0.509. The van der Waals surface area contributed by atoms with Crippen LogP contribution in [0, 0.1) is 28.1 Å². The molecular formula is C11H11N5O2. The topological polar surface area (TPSA) is 104 Å². The minimum absolute atomic E-state index is 0.0309. The average molecular weight is 245 g/mol. The molecule has 0 bridgehead atoms. The van der Waals surface area contributed by atoms with Crippen molar-refractivity contribution in [1.82, 2.24) is 9.13 Å². The molecular weight excluding hydrogens is 234 g/mol. The monoisotopic (exact) mass is 245 g/mol. The normalized spacial score (nSPS) is 16.0. The summed E-state index contributed by atoms with van der Waals surface area (Å²) in [5.74, 6) is 0.393. The summed E-state index contributed by atoms with van der Waals surface area (Å²) >= 11 is 0. The third-order valence-corrected chi connectivity index (χ3v) is 3.22. The molecule has 0 saturated carbocycles. The van der Waals surface area contributed by atoms with Crippen LogP contribution in [0.1, 0.15) is 5.56 Å². The first-order valence-corrected chi connectivity index (χ1v) is 5.31. The summed E-state index contributed by atoms with van der Waals surface area (Å²) in [6.45, 7) is 0.105. The molecule has 0 aliphatic carbocycles. The van der Waals surface area contributed by atoms with Crippen molar-refractivity contribution in [1.29, 1.82) is 10.5 Å². The molecule has 0 spiro atoms. The Bertz CT molecular complexity index is 699. The van der Waals surface area contributed by atoms with Crippen molar-refractivity contribution in [3.63, 3.8) is 0 Å². The van der Waals surface area contributed by atoms with Gasteiger partial charge < -0.3 is 5.32 Å². The molecule has 0 aromatic carbocycles. The van der Waals surface area contributed by atoms with Crippen molar-refractivity contribution in [2.45, 2.75) is 6.42 Å². The van der Waals surface area contributed by atoms with Gasteiger partial charge in [-0.25, -0.2) is 4.79 Å². The van der Waals surface area contributed by atoms with Gasteiger partial charge in [0.15, 0.2) is 5.41 Å². The second-order valence-corrected chi connectivity index (χ2v) is 4.37. The van der Waals surface area contributed by atoms with E-state index in [2.05, 4.69) is 5.32 Å². The second kappa shape index (κ2) is 3.74. The number of nitrogens with one attached hydrogen (secondary N) is 1. The Morgan fingerprint density at radius 1 is 1.22 bits per heavy atom. The minimum atomic E-state index is -1.25. The number of nitriles is 2. The molecule has 7 heteroatoms. The molecule has 1 aromatic heterocycles. The van der Waals surface area contributed by atoms with Crippen LogP contribution in [0.4, 0.5) is 5.82 Å². The molecule has 0 atom stereocenters. The molecule has 2 rings (SSSR count). The van der Waals surface area contributed by atoms with Crippen LogP contribution >= 0.6 is 0 Å². The molecule has 1 aromatic rings. The third kappa shape index (κ3) is 1.41. The first-order valence-electron chi connectivity index (χ1n) is 5.31. The number of fused-ring (bicyclic) bond motifs is 1. The molecule has 0 amide bonds. The maximum Gasteiger partial charge on any atom is 0.332 e. The summed E-state index contributed by atoms with van der Waals surface area (Å²) in [4.78, 5) is 23.7. The number of hydrogen-bond donors (Lipinski definition) is 1. The van der Waals surface area contributed by atoms with Gasteiger partial charge in [0.2, 0.25) is 0 Å². The molecule has 0 fully saturated rings. The molecule has 0 unspecified atom stereocenters. The fourth-order valence-electron chi connectivity index (χ4n) is 2.08. The summed E-state index contributed by atoms with van der Waals surface area (Å²) in [6, 6.07) is 3.86. The lowest BCUT2D eigenvalue weighted by Gasteiger charge is -2.28. The Balaban J connectivity index is 2.74. The van der Waals surface area contributed by atoms with Crippen LogP contribution in [0.15, 0.2) is 9.59 Å². The lowest BCUT2D eigenvalue weighted by Crippen LogP contribution is -2.46. The highest BCUT2D eigenvalue weighted by atomic mass is 16.2. The van der Waals surface area contributed by atoms with E-state index >= 15 is 0 Å². The number of anilines is 1. The zero-order chi connectivity index (χ0) is 13.5. The van der Waals surface area contributed by atoms with Crippen LogP contribution in [0.3, 0.4) is 0 Å². The Morgan fingerprint density at radius 3 is 2.39 bits per heavy atom. The van der Waals surface area contributed by atoms with E-state index in [-0.39, 0.29) is 13.0 Å². The minimum Gasteiger partial charge on any atom is -0.368 e. The van der Waals surface area contributed by atoms with Crippen molar-refractivity contribution in [3.8, 4) is 12.1 Å². The summed E-state index contributed by atoms with van der Waals surface area (Å²) in [5, 5.41) is 21.0. The predicted octanol–water partition coefficient (Wildman–Crippen LogP) is -0.914. The largest absolute Gasteiger partial charge is 0.368 e. The summed E-state index contributed by atoms with van der Waals surface area (Å²) in [5.41, 5.74) is -1.85. The third-order valence-electron chi connectivity index (χ3n) is 3.22. The second-order valence-electron chi connectivity index (χ2n) is 4.37. The molecule has 1 N–H and O–H groups in total. The fourth-order valence-corrected chi connectivity index (χ4v) is 2.08. The quantitative estimate of drug-likeness (QED) is 0.637. The van der Waals surface area contributed by atoms with Gasteiger partial charge in [0.25, 0.3) is 5.56 Å². The number of hydrogen-bond acceptors (Lipinski definition) is 5. The van der Waals surface area contributed by atoms with Gasteiger partial charge in [-0.05, 0) is 0 Å². The van der Waals surface area contributed by atoms with Crippen molar-refractivity contribution >= 4 is 5.82 Å². The van der Waals surface area contributed by atoms with Crippen molar-refractivity contribution in [2.75, 3.05) is 11.9 Å². The van der Waals surface area contributed by atoms with Gasteiger partial charge in [-0.2, -0.15) is 10.5 Å². The molecule has 7 nitrogen and oxygen atoms in total. The molecule has 92 valence electrons. The van der Waals surface area contributed by atoms with E-state index in [4.69, 9.17) is 10.5 Å². The maximum absolute atomic E-state index is 12.0. The van der Waals surface area contributed by atoms with E-state index in [1.165, 1.54) is 11.6 Å². The first kappa shape index (κ1) is 11.9. The molecule has 1 aliphatic rings. The smallest absolute Gasteiger partial charge is 0.332 e. The number of aromatic nitrogens is 2. The van der Waals surface area contributed by atoms with Crippen molar-refractivity contribution < 1.29 is 0 Å². The van der Waals surface area contributed by atoms with Gasteiger partial charge in [0.1, 0.15) is 5.82 Å². The van der Waals surface area contributed by atoms with Crippen LogP contribution in [-0.2, 0) is 20.5 Å². The van der Waals surface area contributed by atoms with E-state index in [1.807, 2.05) is 12.1 Å². The van der Waals surface area contributed by atoms with E-state index in [0.29, 0.717) is 11.4 Å². The standard InChI is InChI=1S/C11H11N5O2/c1-15-8-7(9(17)16(2)10(15)18)3-11(4-12,5-13)6-14-8/h14H,3,6H2,1-2H3. The molecule has 0 radical (unpaired) electrons. The highest BCUT2D eigenvalue weighted by Gasteiger charge is 2.37. The summed E-state index contributed by atoms with van der Waals surface area (Å²) in [7, 11) is 2.92. The van der Waals surface area contributed by atoms with E-state index in [9.17, 15) is 9.59 Å². The predicted molar refractivity (Wildman–Crippen MR) is 62.8 cm³/mol. The molecule has 1 aliphatic heterocycles. The molecule has 0 saturated heterocycles. The van der Waals surface area contributed by atoms with E-state index < -0.39 is 16.7 Å². The molecule has 2 heterocycles. The van der Waals surface area contributed by atoms with Gasteiger partial charge >= 0.3 is 5.69 Å².